The Morgan fingerprint density at radius 2 is 1.70 bits per heavy atom. The molecule has 30 heavy (non-hydrogen) atoms. The van der Waals surface area contributed by atoms with Crippen molar-refractivity contribution in [3.05, 3.63) is 47.5 Å². The Kier molecular flexibility index (Phi) is 5.72. The second-order valence-electron chi connectivity index (χ2n) is 7.50. The summed E-state index contributed by atoms with van der Waals surface area (Å²) >= 11 is 0. The predicted molar refractivity (Wildman–Crippen MR) is 110 cm³/mol. The van der Waals surface area contributed by atoms with Crippen molar-refractivity contribution in [1.82, 2.24) is 4.90 Å². The van der Waals surface area contributed by atoms with E-state index in [1.165, 1.54) is 0 Å². The van der Waals surface area contributed by atoms with Crippen molar-refractivity contribution in [2.45, 2.75) is 31.7 Å². The molecule has 1 fully saturated rings. The lowest BCUT2D eigenvalue weighted by molar-refractivity contribution is -0.227. The van der Waals surface area contributed by atoms with Gasteiger partial charge in [-0.05, 0) is 23.8 Å². The van der Waals surface area contributed by atoms with Gasteiger partial charge in [0.1, 0.15) is 5.75 Å². The van der Waals surface area contributed by atoms with Crippen LogP contribution < -0.4 is 18.9 Å². The first kappa shape index (κ1) is 20.3. The molecule has 7 nitrogen and oxygen atoms in total. The zero-order chi connectivity index (χ0) is 21.1. The Bertz CT molecular complexity index is 895. The van der Waals surface area contributed by atoms with E-state index < -0.39 is 5.79 Å². The summed E-state index contributed by atoms with van der Waals surface area (Å²) in [6.07, 6.45) is 1.54. The largest absolute Gasteiger partial charge is 0.493 e. The fraction of sp³-hybridized carbons (Fsp3) is 0.435. The summed E-state index contributed by atoms with van der Waals surface area (Å²) in [7, 11) is 4.69. The fourth-order valence-electron chi connectivity index (χ4n) is 4.03. The van der Waals surface area contributed by atoms with Crippen LogP contribution in [0.3, 0.4) is 0 Å². The summed E-state index contributed by atoms with van der Waals surface area (Å²) in [6, 6.07) is 11.6. The number of likely N-dealkylation sites (tertiary alicyclic amines) is 1. The van der Waals surface area contributed by atoms with Crippen LogP contribution in [0.2, 0.25) is 0 Å². The van der Waals surface area contributed by atoms with Crippen LogP contribution >= 0.6 is 0 Å². The van der Waals surface area contributed by atoms with E-state index in [0.717, 1.165) is 16.9 Å². The molecule has 0 radical (unpaired) electrons. The first-order valence-corrected chi connectivity index (χ1v) is 10.0. The average molecular weight is 413 g/mol. The SMILES string of the molecule is COc1cc(CC(=O)N2CCC3(CC2)OCc2ccccc2O3)cc(OC)c1OC. The molecule has 2 heterocycles. The highest BCUT2D eigenvalue weighted by Gasteiger charge is 2.41. The number of rotatable bonds is 5. The summed E-state index contributed by atoms with van der Waals surface area (Å²) in [5.74, 6) is 1.89. The Morgan fingerprint density at radius 1 is 1.03 bits per heavy atom. The van der Waals surface area contributed by atoms with Crippen LogP contribution in [0.15, 0.2) is 36.4 Å². The lowest BCUT2D eigenvalue weighted by atomic mass is 10.0. The quantitative estimate of drug-likeness (QED) is 0.750. The molecule has 2 aromatic rings. The minimum atomic E-state index is -0.641. The van der Waals surface area contributed by atoms with Gasteiger partial charge in [-0.2, -0.15) is 0 Å². The van der Waals surface area contributed by atoms with E-state index in [1.807, 2.05) is 41.3 Å². The van der Waals surface area contributed by atoms with Crippen LogP contribution in [0.25, 0.3) is 0 Å². The molecular formula is C23H27NO6. The van der Waals surface area contributed by atoms with Gasteiger partial charge in [0.05, 0.1) is 34.4 Å². The van der Waals surface area contributed by atoms with Gasteiger partial charge >= 0.3 is 0 Å². The summed E-state index contributed by atoms with van der Waals surface area (Å²) in [4.78, 5) is 14.8. The maximum absolute atomic E-state index is 12.9. The molecular weight excluding hydrogens is 386 g/mol. The Morgan fingerprint density at radius 3 is 2.33 bits per heavy atom. The van der Waals surface area contributed by atoms with E-state index in [9.17, 15) is 4.79 Å². The van der Waals surface area contributed by atoms with Crippen LogP contribution in [-0.2, 0) is 22.6 Å². The number of carbonyl (C=O) groups excluding carboxylic acids is 1. The van der Waals surface area contributed by atoms with Crippen LogP contribution in [0.4, 0.5) is 0 Å². The molecule has 2 aliphatic rings. The maximum Gasteiger partial charge on any atom is 0.227 e. The van der Waals surface area contributed by atoms with Gasteiger partial charge in [-0.25, -0.2) is 0 Å². The molecule has 0 unspecified atom stereocenters. The highest BCUT2D eigenvalue weighted by atomic mass is 16.7. The standard InChI is InChI=1S/C23H27NO6/c1-26-19-12-16(13-20(27-2)22(19)28-3)14-21(25)24-10-8-23(9-11-24)29-15-17-6-4-5-7-18(17)30-23/h4-7,12-13H,8-11,14-15H2,1-3H3. The predicted octanol–water partition coefficient (Wildman–Crippen LogP) is 3.18. The van der Waals surface area contributed by atoms with E-state index in [0.29, 0.717) is 49.8 Å². The van der Waals surface area contributed by atoms with Crippen LogP contribution in [0, 0.1) is 0 Å². The first-order chi connectivity index (χ1) is 14.6. The number of methoxy groups -OCH3 is 3. The van der Waals surface area contributed by atoms with Crippen LogP contribution in [0.1, 0.15) is 24.0 Å². The number of piperidine rings is 1. The van der Waals surface area contributed by atoms with Crippen molar-refractivity contribution in [1.29, 1.82) is 0 Å². The molecule has 1 spiro atoms. The molecule has 2 aromatic carbocycles. The van der Waals surface area contributed by atoms with Gasteiger partial charge < -0.3 is 28.6 Å². The third-order valence-electron chi connectivity index (χ3n) is 5.72. The van der Waals surface area contributed by atoms with E-state index in [-0.39, 0.29) is 12.3 Å². The molecule has 7 heteroatoms. The molecule has 1 saturated heterocycles. The number of ether oxygens (including phenoxy) is 5. The van der Waals surface area contributed by atoms with E-state index in [1.54, 1.807) is 21.3 Å². The molecule has 0 aromatic heterocycles. The van der Waals surface area contributed by atoms with E-state index in [2.05, 4.69) is 0 Å². The Balaban J connectivity index is 1.41. The van der Waals surface area contributed by atoms with Gasteiger partial charge in [-0.3, -0.25) is 4.79 Å². The molecule has 2 aliphatic heterocycles. The number of benzene rings is 2. The minimum absolute atomic E-state index is 0.0512. The summed E-state index contributed by atoms with van der Waals surface area (Å²) in [6.45, 7) is 1.71. The van der Waals surface area contributed by atoms with Gasteiger partial charge in [0.2, 0.25) is 17.4 Å². The first-order valence-electron chi connectivity index (χ1n) is 10.0. The molecule has 0 atom stereocenters. The van der Waals surface area contributed by atoms with Gasteiger partial charge in [-0.1, -0.05) is 18.2 Å². The van der Waals surface area contributed by atoms with Crippen LogP contribution in [0.5, 0.6) is 23.0 Å². The third kappa shape index (κ3) is 3.89. The highest BCUT2D eigenvalue weighted by molar-refractivity contribution is 5.79. The molecule has 4 rings (SSSR count). The number of amides is 1. The summed E-state index contributed by atoms with van der Waals surface area (Å²) in [5, 5.41) is 0. The fourth-order valence-corrected chi connectivity index (χ4v) is 4.03. The maximum atomic E-state index is 12.9. The number of fused-ring (bicyclic) bond motifs is 1. The summed E-state index contributed by atoms with van der Waals surface area (Å²) < 4.78 is 28.4. The smallest absolute Gasteiger partial charge is 0.227 e. The minimum Gasteiger partial charge on any atom is -0.493 e. The average Bonchev–Trinajstić information content (AvgIpc) is 2.78. The number of carbonyl (C=O) groups is 1. The van der Waals surface area contributed by atoms with Crippen LogP contribution in [-0.4, -0.2) is 51.0 Å². The third-order valence-corrected chi connectivity index (χ3v) is 5.72. The van der Waals surface area contributed by atoms with Crippen molar-refractivity contribution < 1.29 is 28.5 Å². The molecule has 1 amide bonds. The monoisotopic (exact) mass is 413 g/mol. The van der Waals surface area contributed by atoms with Crippen molar-refractivity contribution in [2.75, 3.05) is 34.4 Å². The van der Waals surface area contributed by atoms with E-state index in [4.69, 9.17) is 23.7 Å². The summed E-state index contributed by atoms with van der Waals surface area (Å²) in [5.41, 5.74) is 1.87. The lowest BCUT2D eigenvalue weighted by Gasteiger charge is -2.44. The van der Waals surface area contributed by atoms with E-state index >= 15 is 0 Å². The van der Waals surface area contributed by atoms with Crippen molar-refractivity contribution in [2.24, 2.45) is 0 Å². The van der Waals surface area contributed by atoms with Crippen molar-refractivity contribution in [3.8, 4) is 23.0 Å². The van der Waals surface area contributed by atoms with Gasteiger partial charge in [0, 0.05) is 31.5 Å². The van der Waals surface area contributed by atoms with Gasteiger partial charge in [-0.15, -0.1) is 0 Å². The van der Waals surface area contributed by atoms with Crippen molar-refractivity contribution in [3.63, 3.8) is 0 Å². The topological polar surface area (TPSA) is 66.5 Å². The van der Waals surface area contributed by atoms with Gasteiger partial charge in [0.25, 0.3) is 0 Å². The second-order valence-corrected chi connectivity index (χ2v) is 7.50. The zero-order valence-corrected chi connectivity index (χ0v) is 17.6. The highest BCUT2D eigenvalue weighted by Crippen LogP contribution is 2.39. The Labute approximate surface area is 176 Å². The second kappa shape index (κ2) is 8.44. The van der Waals surface area contributed by atoms with Crippen molar-refractivity contribution >= 4 is 5.91 Å². The zero-order valence-electron chi connectivity index (χ0n) is 17.6. The normalized spacial score (nSPS) is 17.1. The number of para-hydroxylation sites is 1. The number of hydrogen-bond donors (Lipinski definition) is 0. The molecule has 0 saturated carbocycles. The molecule has 160 valence electrons. The lowest BCUT2D eigenvalue weighted by Crippen LogP contribution is -2.52. The number of hydrogen-bond acceptors (Lipinski definition) is 6. The molecule has 0 N–H and O–H groups in total. The molecule has 0 aliphatic carbocycles. The molecule has 0 bridgehead atoms. The van der Waals surface area contributed by atoms with Gasteiger partial charge in [0.15, 0.2) is 11.5 Å². The number of nitrogens with zero attached hydrogens (tertiary/aromatic N) is 1. The Hall–Kier alpha value is -2.93.